The van der Waals surface area contributed by atoms with Gasteiger partial charge in [0, 0.05) is 27.2 Å². The lowest BCUT2D eigenvalue weighted by atomic mass is 10.5. The van der Waals surface area contributed by atoms with E-state index in [9.17, 15) is 4.79 Å². The first-order valence-corrected chi connectivity index (χ1v) is 4.91. The topological polar surface area (TPSA) is 62.5 Å². The van der Waals surface area contributed by atoms with Crippen molar-refractivity contribution < 1.29 is 4.79 Å². The number of hydrogen-bond donors (Lipinski definition) is 1. The fourth-order valence-corrected chi connectivity index (χ4v) is 1.51. The Labute approximate surface area is 87.3 Å². The Morgan fingerprint density at radius 3 is 2.64 bits per heavy atom. The van der Waals surface area contributed by atoms with Crippen LogP contribution in [0.1, 0.15) is 0 Å². The molecule has 1 rings (SSSR count). The first-order chi connectivity index (χ1) is 6.50. The lowest BCUT2D eigenvalue weighted by molar-refractivity contribution is -0.127. The van der Waals surface area contributed by atoms with Crippen molar-refractivity contribution in [2.45, 2.75) is 0 Å². The van der Waals surface area contributed by atoms with Crippen LogP contribution in [0.2, 0.25) is 0 Å². The Kier molecular flexibility index (Phi) is 3.29. The lowest BCUT2D eigenvalue weighted by Gasteiger charge is -2.18. The second kappa shape index (κ2) is 4.28. The zero-order valence-electron chi connectivity index (χ0n) is 8.52. The molecule has 0 saturated carbocycles. The average Bonchev–Trinajstić information content (AvgIpc) is 2.51. The van der Waals surface area contributed by atoms with Gasteiger partial charge in [0.25, 0.3) is 0 Å². The summed E-state index contributed by atoms with van der Waals surface area (Å²) in [6.45, 7) is 0.342. The summed E-state index contributed by atoms with van der Waals surface area (Å²) in [4.78, 5) is 14.8. The molecule has 78 valence electrons. The summed E-state index contributed by atoms with van der Waals surface area (Å²) in [5.41, 5.74) is 5.48. The highest BCUT2D eigenvalue weighted by Gasteiger charge is 2.10. The molecule has 0 saturated heterocycles. The quantitative estimate of drug-likeness (QED) is 0.783. The molecule has 0 unspecified atom stereocenters. The number of rotatable bonds is 3. The number of anilines is 2. The van der Waals surface area contributed by atoms with Crippen molar-refractivity contribution >= 4 is 28.3 Å². The maximum Gasteiger partial charge on any atom is 0.241 e. The third-order valence-corrected chi connectivity index (χ3v) is 2.68. The summed E-state index contributed by atoms with van der Waals surface area (Å²) >= 11 is 1.29. The van der Waals surface area contributed by atoms with Crippen molar-refractivity contribution in [1.29, 1.82) is 0 Å². The number of carbonyl (C=O) groups is 1. The smallest absolute Gasteiger partial charge is 0.241 e. The van der Waals surface area contributed by atoms with Gasteiger partial charge >= 0.3 is 0 Å². The Morgan fingerprint density at radius 1 is 1.57 bits per heavy atom. The van der Waals surface area contributed by atoms with Crippen molar-refractivity contribution in [3.05, 3.63) is 6.07 Å². The zero-order valence-corrected chi connectivity index (χ0v) is 9.34. The van der Waals surface area contributed by atoms with Gasteiger partial charge in [0.05, 0.1) is 6.54 Å². The minimum absolute atomic E-state index is 0.0551. The number of carbonyl (C=O) groups excluding carboxylic acids is 1. The van der Waals surface area contributed by atoms with Gasteiger partial charge in [-0.15, -0.1) is 0 Å². The number of nitrogens with zero attached hydrogens (tertiary/aromatic N) is 3. The van der Waals surface area contributed by atoms with E-state index in [-0.39, 0.29) is 5.91 Å². The normalized spacial score (nSPS) is 9.93. The van der Waals surface area contributed by atoms with Gasteiger partial charge in [0.1, 0.15) is 10.8 Å². The van der Waals surface area contributed by atoms with Crippen molar-refractivity contribution in [3.63, 3.8) is 0 Å². The maximum absolute atomic E-state index is 11.4. The molecule has 1 amide bonds. The van der Waals surface area contributed by atoms with Crippen molar-refractivity contribution in [2.75, 3.05) is 38.3 Å². The van der Waals surface area contributed by atoms with Crippen LogP contribution in [-0.2, 0) is 4.79 Å². The molecule has 2 N–H and O–H groups in total. The third kappa shape index (κ3) is 2.59. The van der Waals surface area contributed by atoms with Gasteiger partial charge in [-0.05, 0) is 11.5 Å². The molecule has 0 aromatic carbocycles. The van der Waals surface area contributed by atoms with E-state index in [1.807, 2.05) is 11.9 Å². The molecule has 6 heteroatoms. The van der Waals surface area contributed by atoms with Gasteiger partial charge in [-0.3, -0.25) is 4.79 Å². The molecule has 14 heavy (non-hydrogen) atoms. The summed E-state index contributed by atoms with van der Waals surface area (Å²) in [5.74, 6) is 0.550. The van der Waals surface area contributed by atoms with Gasteiger partial charge < -0.3 is 15.5 Å². The highest BCUT2D eigenvalue weighted by molar-refractivity contribution is 7.10. The van der Waals surface area contributed by atoms with E-state index < -0.39 is 0 Å². The molecule has 5 nitrogen and oxygen atoms in total. The molecule has 0 fully saturated rings. The van der Waals surface area contributed by atoms with Crippen LogP contribution < -0.4 is 10.6 Å². The van der Waals surface area contributed by atoms with Crippen molar-refractivity contribution in [1.82, 2.24) is 9.27 Å². The van der Waals surface area contributed by atoms with Crippen LogP contribution in [0.4, 0.5) is 10.8 Å². The molecule has 0 aliphatic rings. The summed E-state index contributed by atoms with van der Waals surface area (Å²) in [5, 5.41) is 0.901. The average molecular weight is 214 g/mol. The van der Waals surface area contributed by atoms with Crippen molar-refractivity contribution in [2.24, 2.45) is 0 Å². The van der Waals surface area contributed by atoms with Crippen LogP contribution in [0, 0.1) is 0 Å². The number of nitrogen functional groups attached to an aromatic ring is 1. The van der Waals surface area contributed by atoms with Gasteiger partial charge in [0.15, 0.2) is 0 Å². The van der Waals surface area contributed by atoms with E-state index in [0.717, 1.165) is 5.00 Å². The molecular formula is C8H14N4OS. The van der Waals surface area contributed by atoms with E-state index in [1.54, 1.807) is 25.1 Å². The monoisotopic (exact) mass is 214 g/mol. The van der Waals surface area contributed by atoms with Crippen molar-refractivity contribution in [3.8, 4) is 0 Å². The van der Waals surface area contributed by atoms with E-state index in [2.05, 4.69) is 4.37 Å². The van der Waals surface area contributed by atoms with Gasteiger partial charge in [-0.2, -0.15) is 4.37 Å². The summed E-state index contributed by atoms with van der Waals surface area (Å²) < 4.78 is 3.94. The Morgan fingerprint density at radius 2 is 2.21 bits per heavy atom. The Bertz CT molecular complexity index is 323. The lowest BCUT2D eigenvalue weighted by Crippen LogP contribution is -2.33. The summed E-state index contributed by atoms with van der Waals surface area (Å²) in [6.07, 6.45) is 0. The van der Waals surface area contributed by atoms with Crippen LogP contribution in [0.5, 0.6) is 0 Å². The first kappa shape index (κ1) is 10.8. The maximum atomic E-state index is 11.4. The molecule has 0 radical (unpaired) electrons. The Hall–Kier alpha value is -1.30. The second-order valence-electron chi connectivity index (χ2n) is 3.23. The molecule has 1 heterocycles. The number of aromatic nitrogens is 1. The molecule has 0 atom stereocenters. The summed E-state index contributed by atoms with van der Waals surface area (Å²) in [7, 11) is 5.31. The molecule has 1 aromatic heterocycles. The minimum atomic E-state index is 0.0551. The van der Waals surface area contributed by atoms with Gasteiger partial charge in [-0.25, -0.2) is 0 Å². The predicted molar refractivity (Wildman–Crippen MR) is 58.5 cm³/mol. The van der Waals surface area contributed by atoms with Crippen LogP contribution >= 0.6 is 11.5 Å². The number of hydrogen-bond acceptors (Lipinski definition) is 5. The fourth-order valence-electron chi connectivity index (χ4n) is 0.881. The molecule has 1 aromatic rings. The highest BCUT2D eigenvalue weighted by atomic mass is 32.1. The summed E-state index contributed by atoms with van der Waals surface area (Å²) in [6, 6.07) is 1.76. The van der Waals surface area contributed by atoms with Gasteiger partial charge in [-0.1, -0.05) is 0 Å². The zero-order chi connectivity index (χ0) is 10.7. The molecule has 0 bridgehead atoms. The molecule has 0 spiro atoms. The SMILES string of the molecule is CN(C)C(=O)CN(C)c1cc(N)ns1. The Balaban J connectivity index is 2.59. The molecule has 0 aliphatic heterocycles. The minimum Gasteiger partial charge on any atom is -0.383 e. The van der Waals surface area contributed by atoms with Crippen LogP contribution in [-0.4, -0.2) is 42.9 Å². The third-order valence-electron chi connectivity index (χ3n) is 1.76. The van der Waals surface area contributed by atoms with Crippen LogP contribution in [0.3, 0.4) is 0 Å². The van der Waals surface area contributed by atoms with Crippen LogP contribution in [0.25, 0.3) is 0 Å². The first-order valence-electron chi connectivity index (χ1n) is 4.14. The largest absolute Gasteiger partial charge is 0.383 e. The van der Waals surface area contributed by atoms with Gasteiger partial charge in [0.2, 0.25) is 5.91 Å². The van der Waals surface area contributed by atoms with Crippen LogP contribution in [0.15, 0.2) is 6.07 Å². The number of nitrogens with two attached hydrogens (primary N) is 1. The fraction of sp³-hybridized carbons (Fsp3) is 0.500. The second-order valence-corrected chi connectivity index (χ2v) is 4.02. The number of amides is 1. The number of likely N-dealkylation sites (N-methyl/N-ethyl adjacent to an activating group) is 2. The van der Waals surface area contributed by atoms with E-state index in [0.29, 0.717) is 12.4 Å². The molecular weight excluding hydrogens is 200 g/mol. The van der Waals surface area contributed by atoms with E-state index in [1.165, 1.54) is 11.5 Å². The van der Waals surface area contributed by atoms with E-state index >= 15 is 0 Å². The van der Waals surface area contributed by atoms with E-state index in [4.69, 9.17) is 5.73 Å². The standard InChI is InChI=1S/C8H14N4OS/c1-11(2)7(13)5-12(3)8-4-6(9)10-14-8/h4H,5H2,1-3H3,(H2,9,10). The molecule has 0 aliphatic carbocycles. The highest BCUT2D eigenvalue weighted by Crippen LogP contribution is 2.21. The predicted octanol–water partition coefficient (Wildman–Crippen LogP) is 0.250.